The Hall–Kier alpha value is -2.03. The van der Waals surface area contributed by atoms with Crippen LogP contribution in [0.5, 0.6) is 5.75 Å². The molecule has 0 amide bonds. The van der Waals surface area contributed by atoms with Crippen molar-refractivity contribution in [2.45, 2.75) is 13.5 Å². The zero-order valence-corrected chi connectivity index (χ0v) is 9.57. The van der Waals surface area contributed by atoms with Gasteiger partial charge >= 0.3 is 0 Å². The molecule has 2 nitrogen and oxygen atoms in total. The Morgan fingerprint density at radius 2 is 2.00 bits per heavy atom. The van der Waals surface area contributed by atoms with Crippen LogP contribution in [-0.2, 0) is 6.54 Å². The van der Waals surface area contributed by atoms with E-state index >= 15 is 0 Å². The number of anilines is 1. The third kappa shape index (κ3) is 2.97. The number of phenolic OH excluding ortho intramolecular Hbond substituents is 1. The number of halogens is 1. The van der Waals surface area contributed by atoms with Crippen LogP contribution >= 0.6 is 0 Å². The summed E-state index contributed by atoms with van der Waals surface area (Å²) in [5.41, 5.74) is 2.49. The minimum atomic E-state index is -0.189. The first kappa shape index (κ1) is 11.5. The van der Waals surface area contributed by atoms with Gasteiger partial charge in [-0.15, -0.1) is 0 Å². The van der Waals surface area contributed by atoms with E-state index < -0.39 is 0 Å². The highest BCUT2D eigenvalue weighted by atomic mass is 19.1. The fourth-order valence-corrected chi connectivity index (χ4v) is 1.64. The van der Waals surface area contributed by atoms with Crippen molar-refractivity contribution < 1.29 is 9.50 Å². The molecule has 0 spiro atoms. The Kier molecular flexibility index (Phi) is 3.28. The van der Waals surface area contributed by atoms with E-state index in [1.54, 1.807) is 31.2 Å². The van der Waals surface area contributed by atoms with Gasteiger partial charge in [0.15, 0.2) is 0 Å². The van der Waals surface area contributed by atoms with Gasteiger partial charge < -0.3 is 10.4 Å². The molecule has 17 heavy (non-hydrogen) atoms. The average molecular weight is 231 g/mol. The summed E-state index contributed by atoms with van der Waals surface area (Å²) in [6, 6.07) is 11.9. The summed E-state index contributed by atoms with van der Waals surface area (Å²) in [7, 11) is 0. The Balaban J connectivity index is 2.05. The van der Waals surface area contributed by atoms with E-state index in [4.69, 9.17) is 0 Å². The van der Waals surface area contributed by atoms with Gasteiger partial charge in [0, 0.05) is 18.3 Å². The van der Waals surface area contributed by atoms with E-state index in [0.29, 0.717) is 12.1 Å². The number of benzene rings is 2. The third-order valence-corrected chi connectivity index (χ3v) is 2.57. The number of aromatic hydroxyl groups is 1. The predicted molar refractivity (Wildman–Crippen MR) is 66.6 cm³/mol. The number of phenols is 1. The molecule has 0 unspecified atom stereocenters. The number of nitrogens with one attached hydrogen (secondary N) is 1. The highest BCUT2D eigenvalue weighted by Gasteiger charge is 1.99. The standard InChI is InChI=1S/C14H14FNO/c1-10-7-11(5-6-14(10)15)9-16-12-3-2-4-13(17)8-12/h2-8,16-17H,9H2,1H3. The summed E-state index contributed by atoms with van der Waals surface area (Å²) in [6.45, 7) is 2.34. The van der Waals surface area contributed by atoms with Crippen molar-refractivity contribution in [1.29, 1.82) is 0 Å². The smallest absolute Gasteiger partial charge is 0.126 e. The fourth-order valence-electron chi connectivity index (χ4n) is 1.64. The van der Waals surface area contributed by atoms with E-state index in [9.17, 15) is 9.50 Å². The van der Waals surface area contributed by atoms with Crippen molar-refractivity contribution in [2.24, 2.45) is 0 Å². The summed E-state index contributed by atoms with van der Waals surface area (Å²) >= 11 is 0. The van der Waals surface area contributed by atoms with E-state index in [1.165, 1.54) is 6.07 Å². The topological polar surface area (TPSA) is 32.3 Å². The average Bonchev–Trinajstić information content (AvgIpc) is 2.31. The maximum atomic E-state index is 13.1. The molecule has 0 aliphatic heterocycles. The lowest BCUT2D eigenvalue weighted by atomic mass is 10.1. The molecule has 0 saturated carbocycles. The van der Waals surface area contributed by atoms with Crippen LogP contribution in [0.2, 0.25) is 0 Å². The first-order valence-corrected chi connectivity index (χ1v) is 5.43. The minimum absolute atomic E-state index is 0.189. The summed E-state index contributed by atoms with van der Waals surface area (Å²) in [5, 5.41) is 12.5. The second-order valence-electron chi connectivity index (χ2n) is 3.99. The monoisotopic (exact) mass is 231 g/mol. The minimum Gasteiger partial charge on any atom is -0.508 e. The fraction of sp³-hybridized carbons (Fsp3) is 0.143. The largest absolute Gasteiger partial charge is 0.508 e. The van der Waals surface area contributed by atoms with Gasteiger partial charge in [-0.2, -0.15) is 0 Å². The predicted octanol–water partition coefficient (Wildman–Crippen LogP) is 3.45. The normalized spacial score (nSPS) is 10.2. The van der Waals surface area contributed by atoms with Crippen LogP contribution < -0.4 is 5.32 Å². The highest BCUT2D eigenvalue weighted by Crippen LogP contribution is 2.17. The van der Waals surface area contributed by atoms with Gasteiger partial charge in [0.05, 0.1) is 0 Å². The molecule has 0 atom stereocenters. The Bertz CT molecular complexity index is 525. The molecule has 3 heteroatoms. The highest BCUT2D eigenvalue weighted by molar-refractivity contribution is 5.48. The van der Waals surface area contributed by atoms with Crippen LogP contribution in [0.3, 0.4) is 0 Å². The number of hydrogen-bond acceptors (Lipinski definition) is 2. The summed E-state index contributed by atoms with van der Waals surface area (Å²) < 4.78 is 13.1. The molecule has 0 radical (unpaired) electrons. The summed E-state index contributed by atoms with van der Waals surface area (Å²) in [5.74, 6) is 0.0383. The van der Waals surface area contributed by atoms with Crippen molar-refractivity contribution in [3.63, 3.8) is 0 Å². The first-order valence-electron chi connectivity index (χ1n) is 5.43. The molecule has 88 valence electrons. The molecule has 0 aromatic heterocycles. The molecular formula is C14H14FNO. The molecule has 2 aromatic carbocycles. The second-order valence-corrected chi connectivity index (χ2v) is 3.99. The second kappa shape index (κ2) is 4.87. The molecule has 2 rings (SSSR count). The van der Waals surface area contributed by atoms with E-state index in [0.717, 1.165) is 11.3 Å². The maximum Gasteiger partial charge on any atom is 0.126 e. The van der Waals surface area contributed by atoms with Gasteiger partial charge in [-0.25, -0.2) is 4.39 Å². The van der Waals surface area contributed by atoms with Crippen LogP contribution in [-0.4, -0.2) is 5.11 Å². The lowest BCUT2D eigenvalue weighted by molar-refractivity contribution is 0.475. The van der Waals surface area contributed by atoms with Crippen molar-refractivity contribution >= 4 is 5.69 Å². The number of aryl methyl sites for hydroxylation is 1. The SMILES string of the molecule is Cc1cc(CNc2cccc(O)c2)ccc1F. The van der Waals surface area contributed by atoms with Crippen LogP contribution in [0.25, 0.3) is 0 Å². The van der Waals surface area contributed by atoms with Crippen LogP contribution in [0.15, 0.2) is 42.5 Å². The van der Waals surface area contributed by atoms with Gasteiger partial charge in [0.2, 0.25) is 0 Å². The number of rotatable bonds is 3. The number of hydrogen-bond donors (Lipinski definition) is 2. The lowest BCUT2D eigenvalue weighted by Crippen LogP contribution is -1.99. The molecule has 0 fully saturated rings. The Morgan fingerprint density at radius 3 is 2.71 bits per heavy atom. The van der Waals surface area contributed by atoms with Gasteiger partial charge in [-0.1, -0.05) is 18.2 Å². The summed E-state index contributed by atoms with van der Waals surface area (Å²) in [6.07, 6.45) is 0. The molecule has 0 aliphatic rings. The molecular weight excluding hydrogens is 217 g/mol. The molecule has 0 bridgehead atoms. The van der Waals surface area contributed by atoms with E-state index in [2.05, 4.69) is 5.32 Å². The van der Waals surface area contributed by atoms with Crippen LogP contribution in [0, 0.1) is 12.7 Å². The first-order chi connectivity index (χ1) is 8.15. The van der Waals surface area contributed by atoms with Crippen LogP contribution in [0.1, 0.15) is 11.1 Å². The molecule has 0 saturated heterocycles. The summed E-state index contributed by atoms with van der Waals surface area (Å²) in [4.78, 5) is 0. The Labute approximate surface area is 99.7 Å². The maximum absolute atomic E-state index is 13.1. The molecule has 2 N–H and O–H groups in total. The zero-order chi connectivity index (χ0) is 12.3. The molecule has 0 heterocycles. The van der Waals surface area contributed by atoms with E-state index in [-0.39, 0.29) is 11.6 Å². The van der Waals surface area contributed by atoms with E-state index in [1.807, 2.05) is 12.1 Å². The zero-order valence-electron chi connectivity index (χ0n) is 9.57. The van der Waals surface area contributed by atoms with Gasteiger partial charge in [-0.05, 0) is 36.2 Å². The Morgan fingerprint density at radius 1 is 1.18 bits per heavy atom. The lowest BCUT2D eigenvalue weighted by Gasteiger charge is -2.07. The molecule has 0 aliphatic carbocycles. The van der Waals surface area contributed by atoms with Crippen molar-refractivity contribution in [1.82, 2.24) is 0 Å². The van der Waals surface area contributed by atoms with Gasteiger partial charge in [0.1, 0.15) is 11.6 Å². The van der Waals surface area contributed by atoms with Crippen molar-refractivity contribution in [2.75, 3.05) is 5.32 Å². The van der Waals surface area contributed by atoms with Crippen LogP contribution in [0.4, 0.5) is 10.1 Å². The molecule has 2 aromatic rings. The quantitative estimate of drug-likeness (QED) is 0.848. The van der Waals surface area contributed by atoms with Gasteiger partial charge in [0.25, 0.3) is 0 Å². The third-order valence-electron chi connectivity index (χ3n) is 2.57. The van der Waals surface area contributed by atoms with Gasteiger partial charge in [-0.3, -0.25) is 0 Å². The van der Waals surface area contributed by atoms with Crippen molar-refractivity contribution in [3.05, 3.63) is 59.4 Å². The van der Waals surface area contributed by atoms with Crippen molar-refractivity contribution in [3.8, 4) is 5.75 Å².